The van der Waals surface area contributed by atoms with Crippen molar-refractivity contribution in [3.63, 3.8) is 0 Å². The van der Waals surface area contributed by atoms with Gasteiger partial charge in [0.05, 0.1) is 25.7 Å². The second-order valence-corrected chi connectivity index (χ2v) is 5.37. The maximum atomic E-state index is 13.2. The van der Waals surface area contributed by atoms with Crippen LogP contribution in [0, 0.1) is 0 Å². The molecule has 3 aromatic heterocycles. The van der Waals surface area contributed by atoms with Crippen molar-refractivity contribution in [2.75, 3.05) is 12.8 Å². The molecule has 0 radical (unpaired) electrons. The average molecular weight is 354 g/mol. The highest BCUT2D eigenvalue weighted by Gasteiger charge is 2.54. The molecule has 3 N–H and O–H groups in total. The summed E-state index contributed by atoms with van der Waals surface area (Å²) in [6.07, 6.45) is -0.910. The molecule has 0 aliphatic heterocycles. The number of halogens is 3. The number of hydrogen-bond acceptors (Lipinski definition) is 7. The summed E-state index contributed by atoms with van der Waals surface area (Å²) in [5.41, 5.74) is 2.38. The quantitative estimate of drug-likeness (QED) is 0.734. The van der Waals surface area contributed by atoms with E-state index in [0.717, 1.165) is 4.52 Å². The summed E-state index contributed by atoms with van der Waals surface area (Å²) < 4.78 is 45.7. The van der Waals surface area contributed by atoms with Crippen LogP contribution in [0.15, 0.2) is 24.7 Å². The molecule has 0 spiro atoms. The molecule has 25 heavy (non-hydrogen) atoms. The second kappa shape index (κ2) is 5.55. The van der Waals surface area contributed by atoms with E-state index in [1.54, 1.807) is 0 Å². The Balaban J connectivity index is 2.27. The van der Waals surface area contributed by atoms with Gasteiger partial charge < -0.3 is 15.6 Å². The number of nitrogens with zero attached hydrogens (tertiary/aromatic N) is 5. The molecular formula is C14H13F3N6O2. The Hall–Kier alpha value is -2.95. The summed E-state index contributed by atoms with van der Waals surface area (Å²) >= 11 is 0. The van der Waals surface area contributed by atoms with Gasteiger partial charge in [-0.1, -0.05) is 0 Å². The van der Waals surface area contributed by atoms with E-state index in [4.69, 9.17) is 10.5 Å². The lowest BCUT2D eigenvalue weighted by atomic mass is 10.0. The standard InChI is InChI=1S/C14H13F3N6O2/c1-13(24,14(15,16)17)12-9(25-2)3-11-20-5-8(23(11)22-12)7-4-19-6-10(18)21-7/h3-6,24H,1-2H3,(H2,18,21). The maximum absolute atomic E-state index is 13.2. The van der Waals surface area contributed by atoms with E-state index in [1.165, 1.54) is 31.8 Å². The Kier molecular flexibility index (Phi) is 3.75. The molecule has 0 saturated carbocycles. The Bertz CT molecular complexity index is 938. The highest BCUT2D eigenvalue weighted by Crippen LogP contribution is 2.41. The van der Waals surface area contributed by atoms with E-state index in [-0.39, 0.29) is 28.6 Å². The Morgan fingerprint density at radius 2 is 1.96 bits per heavy atom. The smallest absolute Gasteiger partial charge is 0.422 e. The van der Waals surface area contributed by atoms with Gasteiger partial charge in [-0.05, 0) is 6.92 Å². The van der Waals surface area contributed by atoms with Crippen LogP contribution >= 0.6 is 0 Å². The summed E-state index contributed by atoms with van der Waals surface area (Å²) in [5.74, 6) is -0.117. The fourth-order valence-corrected chi connectivity index (χ4v) is 2.20. The van der Waals surface area contributed by atoms with Crippen LogP contribution in [0.3, 0.4) is 0 Å². The third-order valence-corrected chi connectivity index (χ3v) is 3.61. The highest BCUT2D eigenvalue weighted by atomic mass is 19.4. The minimum Gasteiger partial charge on any atom is -0.495 e. The van der Waals surface area contributed by atoms with Gasteiger partial charge in [0.15, 0.2) is 5.65 Å². The van der Waals surface area contributed by atoms with Crippen molar-refractivity contribution in [2.24, 2.45) is 0 Å². The second-order valence-electron chi connectivity index (χ2n) is 5.37. The lowest BCUT2D eigenvalue weighted by molar-refractivity contribution is -0.261. The summed E-state index contributed by atoms with van der Waals surface area (Å²) in [5, 5.41) is 13.9. The Morgan fingerprint density at radius 1 is 1.24 bits per heavy atom. The van der Waals surface area contributed by atoms with Gasteiger partial charge in [0.2, 0.25) is 5.60 Å². The number of rotatable bonds is 3. The monoisotopic (exact) mass is 354 g/mol. The number of aliphatic hydroxyl groups is 1. The first kappa shape index (κ1) is 16.9. The predicted molar refractivity (Wildman–Crippen MR) is 80.6 cm³/mol. The third kappa shape index (κ3) is 2.71. The van der Waals surface area contributed by atoms with E-state index in [2.05, 4.69) is 20.1 Å². The summed E-state index contributed by atoms with van der Waals surface area (Å²) in [7, 11) is 1.18. The maximum Gasteiger partial charge on any atom is 0.422 e. The number of imidazole rings is 1. The molecular weight excluding hydrogens is 341 g/mol. The van der Waals surface area contributed by atoms with E-state index < -0.39 is 17.5 Å². The van der Waals surface area contributed by atoms with Crippen LogP contribution in [0.4, 0.5) is 19.0 Å². The third-order valence-electron chi connectivity index (χ3n) is 3.61. The Labute approximate surface area is 139 Å². The van der Waals surface area contributed by atoms with E-state index in [0.29, 0.717) is 6.92 Å². The summed E-state index contributed by atoms with van der Waals surface area (Å²) in [6, 6.07) is 1.24. The zero-order chi connectivity index (χ0) is 18.4. The van der Waals surface area contributed by atoms with Crippen LogP contribution in [0.2, 0.25) is 0 Å². The molecule has 0 saturated heterocycles. The number of ether oxygens (including phenoxy) is 1. The average Bonchev–Trinajstić information content (AvgIpc) is 2.95. The van der Waals surface area contributed by atoms with Gasteiger partial charge in [0.1, 0.15) is 28.6 Å². The number of aromatic nitrogens is 5. The number of nitrogens with two attached hydrogens (primary N) is 1. The van der Waals surface area contributed by atoms with Gasteiger partial charge in [-0.15, -0.1) is 0 Å². The largest absolute Gasteiger partial charge is 0.495 e. The molecule has 3 rings (SSSR count). The first-order valence-electron chi connectivity index (χ1n) is 6.95. The number of fused-ring (bicyclic) bond motifs is 1. The van der Waals surface area contributed by atoms with Gasteiger partial charge >= 0.3 is 6.18 Å². The van der Waals surface area contributed by atoms with Crippen LogP contribution < -0.4 is 10.5 Å². The van der Waals surface area contributed by atoms with Crippen LogP contribution in [0.5, 0.6) is 5.75 Å². The fourth-order valence-electron chi connectivity index (χ4n) is 2.20. The first-order valence-corrected chi connectivity index (χ1v) is 6.95. The number of hydrogen-bond donors (Lipinski definition) is 2. The Morgan fingerprint density at radius 3 is 2.56 bits per heavy atom. The van der Waals surface area contributed by atoms with Crippen molar-refractivity contribution in [3.8, 4) is 17.1 Å². The molecule has 0 amide bonds. The van der Waals surface area contributed by atoms with Crippen molar-refractivity contribution in [3.05, 3.63) is 30.4 Å². The van der Waals surface area contributed by atoms with E-state index in [1.807, 2.05) is 0 Å². The summed E-state index contributed by atoms with van der Waals surface area (Å²) in [6.45, 7) is 0.598. The number of alkyl halides is 3. The number of anilines is 1. The summed E-state index contributed by atoms with van der Waals surface area (Å²) in [4.78, 5) is 12.0. The molecule has 0 fully saturated rings. The van der Waals surface area contributed by atoms with Crippen molar-refractivity contribution in [2.45, 2.75) is 18.7 Å². The van der Waals surface area contributed by atoms with Gasteiger partial charge in [0.25, 0.3) is 0 Å². The molecule has 3 aromatic rings. The predicted octanol–water partition coefficient (Wildman–Crippen LogP) is 1.55. The molecule has 0 aromatic carbocycles. The van der Waals surface area contributed by atoms with Gasteiger partial charge in [0, 0.05) is 6.07 Å². The van der Waals surface area contributed by atoms with E-state index >= 15 is 0 Å². The molecule has 1 atom stereocenters. The van der Waals surface area contributed by atoms with Crippen LogP contribution in [-0.4, -0.2) is 43.0 Å². The van der Waals surface area contributed by atoms with Gasteiger partial charge in [-0.3, -0.25) is 4.98 Å². The minimum atomic E-state index is -4.96. The number of methoxy groups -OCH3 is 1. The molecule has 3 heterocycles. The van der Waals surface area contributed by atoms with Crippen molar-refractivity contribution >= 4 is 11.5 Å². The zero-order valence-corrected chi connectivity index (χ0v) is 13.1. The number of nitrogen functional groups attached to an aromatic ring is 1. The fraction of sp³-hybridized carbons (Fsp3) is 0.286. The minimum absolute atomic E-state index is 0.128. The van der Waals surface area contributed by atoms with Crippen LogP contribution in [0.25, 0.3) is 17.0 Å². The molecule has 0 aliphatic carbocycles. The zero-order valence-electron chi connectivity index (χ0n) is 13.1. The lowest BCUT2D eigenvalue weighted by Gasteiger charge is -2.26. The van der Waals surface area contributed by atoms with Crippen LogP contribution in [0.1, 0.15) is 12.6 Å². The van der Waals surface area contributed by atoms with Crippen molar-refractivity contribution in [1.29, 1.82) is 0 Å². The SMILES string of the molecule is COc1cc2ncc(-c3cncc(N)n3)n2nc1C(C)(O)C(F)(F)F. The molecule has 8 nitrogen and oxygen atoms in total. The highest BCUT2D eigenvalue weighted by molar-refractivity contribution is 5.61. The molecule has 11 heteroatoms. The lowest BCUT2D eigenvalue weighted by Crippen LogP contribution is -2.40. The molecule has 132 valence electrons. The molecule has 1 unspecified atom stereocenters. The van der Waals surface area contributed by atoms with Crippen LogP contribution in [-0.2, 0) is 5.60 Å². The van der Waals surface area contributed by atoms with Crippen molar-refractivity contribution < 1.29 is 23.0 Å². The van der Waals surface area contributed by atoms with Crippen molar-refractivity contribution in [1.82, 2.24) is 24.6 Å². The van der Waals surface area contributed by atoms with Gasteiger partial charge in [-0.25, -0.2) is 14.5 Å². The topological polar surface area (TPSA) is 111 Å². The van der Waals surface area contributed by atoms with Gasteiger partial charge in [-0.2, -0.15) is 18.3 Å². The first-order chi connectivity index (χ1) is 11.6. The van der Waals surface area contributed by atoms with E-state index in [9.17, 15) is 18.3 Å². The molecule has 0 bridgehead atoms. The normalized spacial score (nSPS) is 14.5. The molecule has 0 aliphatic rings.